The van der Waals surface area contributed by atoms with Crippen LogP contribution >= 0.6 is 0 Å². The third-order valence-corrected chi connectivity index (χ3v) is 5.43. The fraction of sp³-hybridized carbons (Fsp3) is 0.160. The lowest BCUT2D eigenvalue weighted by Crippen LogP contribution is -2.46. The van der Waals surface area contributed by atoms with E-state index >= 15 is 0 Å². The first-order chi connectivity index (χ1) is 15.1. The zero-order valence-electron chi connectivity index (χ0n) is 16.6. The van der Waals surface area contributed by atoms with Crippen LogP contribution in [0.5, 0.6) is 0 Å². The Morgan fingerprint density at radius 1 is 0.839 bits per heavy atom. The van der Waals surface area contributed by atoms with Gasteiger partial charge >= 0.3 is 0 Å². The minimum absolute atomic E-state index is 0.215. The van der Waals surface area contributed by atoms with E-state index in [1.165, 1.54) is 11.0 Å². The normalized spacial score (nSPS) is 17.5. The lowest BCUT2D eigenvalue weighted by atomic mass is 10.0. The number of fused-ring (bicyclic) bond motifs is 2. The number of nitrogens with zero attached hydrogens (tertiary/aromatic N) is 1. The van der Waals surface area contributed by atoms with Crippen molar-refractivity contribution in [3.63, 3.8) is 0 Å². The number of benzene rings is 3. The molecule has 1 spiro atoms. The molecule has 0 saturated carbocycles. The van der Waals surface area contributed by atoms with Crippen molar-refractivity contribution in [2.24, 2.45) is 0 Å². The minimum Gasteiger partial charge on any atom is -0.338 e. The van der Waals surface area contributed by atoms with E-state index < -0.39 is 23.3 Å². The summed E-state index contributed by atoms with van der Waals surface area (Å²) >= 11 is 0. The third-order valence-electron chi connectivity index (χ3n) is 5.43. The molecule has 0 aliphatic carbocycles. The first kappa shape index (κ1) is 19.6. The van der Waals surface area contributed by atoms with Crippen LogP contribution in [0.2, 0.25) is 0 Å². The van der Waals surface area contributed by atoms with Crippen molar-refractivity contribution in [1.29, 1.82) is 0 Å². The number of carbonyl (C=O) groups is 1. The van der Waals surface area contributed by atoms with Crippen molar-refractivity contribution >= 4 is 29.4 Å². The highest BCUT2D eigenvalue weighted by atomic mass is 19.2. The Bertz CT molecular complexity index is 1170. The van der Waals surface area contributed by atoms with E-state index in [-0.39, 0.29) is 5.69 Å². The smallest absolute Gasteiger partial charge is 0.297 e. The van der Waals surface area contributed by atoms with Crippen molar-refractivity contribution in [3.05, 3.63) is 95.1 Å². The number of carbonyl (C=O) groups excluding carboxylic acids is 1. The predicted molar refractivity (Wildman–Crippen MR) is 114 cm³/mol. The Morgan fingerprint density at radius 2 is 1.58 bits per heavy atom. The van der Waals surface area contributed by atoms with Crippen molar-refractivity contribution in [2.75, 3.05) is 18.1 Å². The third kappa shape index (κ3) is 3.34. The van der Waals surface area contributed by atoms with Crippen LogP contribution in [0.25, 0.3) is 12.2 Å². The molecule has 156 valence electrons. The van der Waals surface area contributed by atoms with E-state index in [0.29, 0.717) is 30.9 Å². The van der Waals surface area contributed by atoms with E-state index in [9.17, 15) is 13.6 Å². The van der Waals surface area contributed by atoms with Crippen LogP contribution in [0.4, 0.5) is 20.2 Å². The fourth-order valence-corrected chi connectivity index (χ4v) is 3.94. The summed E-state index contributed by atoms with van der Waals surface area (Å²) in [6.07, 6.45) is 4.58. The second kappa shape index (κ2) is 7.72. The second-order valence-electron chi connectivity index (χ2n) is 7.43. The molecule has 3 aromatic rings. The number of rotatable bonds is 3. The molecule has 1 amide bonds. The largest absolute Gasteiger partial charge is 0.338 e. The lowest BCUT2D eigenvalue weighted by molar-refractivity contribution is -0.256. The van der Waals surface area contributed by atoms with Crippen LogP contribution in [0.1, 0.15) is 23.1 Å². The SMILES string of the molecule is O=C1N(c2ccc(F)c(F)c2)c2ccc(/C=C/c3ccccc3)cc2C12OCCCO2. The van der Waals surface area contributed by atoms with Gasteiger partial charge in [-0.05, 0) is 41.8 Å². The van der Waals surface area contributed by atoms with E-state index in [1.54, 1.807) is 6.07 Å². The summed E-state index contributed by atoms with van der Waals surface area (Å²) in [5, 5.41) is 0. The van der Waals surface area contributed by atoms with Gasteiger partial charge in [0.2, 0.25) is 0 Å². The summed E-state index contributed by atoms with van der Waals surface area (Å²) < 4.78 is 39.1. The number of hydrogen-bond acceptors (Lipinski definition) is 3. The highest BCUT2D eigenvalue weighted by molar-refractivity contribution is 6.11. The molecule has 0 aromatic heterocycles. The zero-order valence-corrected chi connectivity index (χ0v) is 16.6. The Labute approximate surface area is 178 Å². The van der Waals surface area contributed by atoms with E-state index in [4.69, 9.17) is 9.47 Å². The van der Waals surface area contributed by atoms with Gasteiger partial charge in [0.1, 0.15) is 0 Å². The maximum atomic E-state index is 13.9. The molecule has 6 heteroatoms. The Hall–Kier alpha value is -3.35. The molecule has 5 rings (SSSR count). The molecule has 1 fully saturated rings. The van der Waals surface area contributed by atoms with Crippen LogP contribution < -0.4 is 4.90 Å². The van der Waals surface area contributed by atoms with Crippen LogP contribution in [-0.2, 0) is 20.1 Å². The molecule has 0 radical (unpaired) electrons. The van der Waals surface area contributed by atoms with Gasteiger partial charge in [0.25, 0.3) is 11.7 Å². The summed E-state index contributed by atoms with van der Waals surface area (Å²) in [7, 11) is 0. The van der Waals surface area contributed by atoms with Gasteiger partial charge in [-0.2, -0.15) is 0 Å². The van der Waals surface area contributed by atoms with Gasteiger partial charge < -0.3 is 9.47 Å². The molecule has 31 heavy (non-hydrogen) atoms. The summed E-state index contributed by atoms with van der Waals surface area (Å²) in [6, 6.07) is 18.7. The van der Waals surface area contributed by atoms with E-state index in [0.717, 1.165) is 23.3 Å². The van der Waals surface area contributed by atoms with Gasteiger partial charge in [0, 0.05) is 11.6 Å². The number of ether oxygens (including phenoxy) is 2. The average Bonchev–Trinajstić information content (AvgIpc) is 3.03. The predicted octanol–water partition coefficient (Wildman–Crippen LogP) is 5.40. The van der Waals surface area contributed by atoms with Crippen molar-refractivity contribution in [1.82, 2.24) is 0 Å². The summed E-state index contributed by atoms with van der Waals surface area (Å²) in [5.41, 5.74) is 3.20. The maximum Gasteiger partial charge on any atom is 0.297 e. The van der Waals surface area contributed by atoms with Gasteiger partial charge in [-0.15, -0.1) is 0 Å². The number of amides is 1. The molecule has 1 saturated heterocycles. The van der Waals surface area contributed by atoms with E-state index in [2.05, 4.69) is 0 Å². The molecule has 2 heterocycles. The lowest BCUT2D eigenvalue weighted by Gasteiger charge is -2.32. The molecule has 3 aromatic carbocycles. The van der Waals surface area contributed by atoms with E-state index in [1.807, 2.05) is 54.6 Å². The molecule has 0 atom stereocenters. The Balaban J connectivity index is 1.60. The first-order valence-corrected chi connectivity index (χ1v) is 10.0. The van der Waals surface area contributed by atoms with Crippen LogP contribution in [-0.4, -0.2) is 19.1 Å². The van der Waals surface area contributed by atoms with Crippen molar-refractivity contribution in [2.45, 2.75) is 12.2 Å². The summed E-state index contributed by atoms with van der Waals surface area (Å²) in [6.45, 7) is 0.724. The van der Waals surface area contributed by atoms with Gasteiger partial charge in [0.15, 0.2) is 11.6 Å². The minimum atomic E-state index is -1.59. The molecule has 4 nitrogen and oxygen atoms in total. The molecule has 2 aliphatic heterocycles. The number of anilines is 2. The van der Waals surface area contributed by atoms with Gasteiger partial charge in [-0.3, -0.25) is 9.69 Å². The Morgan fingerprint density at radius 3 is 2.32 bits per heavy atom. The topological polar surface area (TPSA) is 38.8 Å². The number of hydrogen-bond donors (Lipinski definition) is 0. The molecule has 2 aliphatic rings. The molecular weight excluding hydrogens is 400 g/mol. The highest BCUT2D eigenvalue weighted by Gasteiger charge is 2.55. The quantitative estimate of drug-likeness (QED) is 0.534. The molecule has 0 bridgehead atoms. The van der Waals surface area contributed by atoms with Gasteiger partial charge in [0.05, 0.1) is 24.6 Å². The van der Waals surface area contributed by atoms with Crippen LogP contribution in [0.3, 0.4) is 0 Å². The Kier molecular flexibility index (Phi) is 4.88. The highest BCUT2D eigenvalue weighted by Crippen LogP contribution is 2.48. The van der Waals surface area contributed by atoms with Crippen molar-refractivity contribution < 1.29 is 23.0 Å². The zero-order chi connectivity index (χ0) is 21.4. The summed E-state index contributed by atoms with van der Waals surface area (Å²) in [5.74, 6) is -4.07. The monoisotopic (exact) mass is 419 g/mol. The van der Waals surface area contributed by atoms with Crippen LogP contribution in [0.15, 0.2) is 66.7 Å². The molecular formula is C25H19F2NO3. The standard InChI is InChI=1S/C25H19F2NO3/c26-21-11-10-19(16-22(21)27)28-23-12-9-18(8-7-17-5-2-1-3-6-17)15-20(23)25(24(28)29)30-13-4-14-31-25/h1-3,5-12,15-16H,4,13-14H2/b8-7+. The summed E-state index contributed by atoms with van der Waals surface area (Å²) in [4.78, 5) is 14.8. The van der Waals surface area contributed by atoms with Gasteiger partial charge in [-0.25, -0.2) is 8.78 Å². The molecule has 0 N–H and O–H groups in total. The van der Waals surface area contributed by atoms with Gasteiger partial charge in [-0.1, -0.05) is 48.6 Å². The molecule has 0 unspecified atom stereocenters. The van der Waals surface area contributed by atoms with Crippen LogP contribution in [0, 0.1) is 11.6 Å². The average molecular weight is 419 g/mol. The first-order valence-electron chi connectivity index (χ1n) is 10.0. The van der Waals surface area contributed by atoms with Crippen molar-refractivity contribution in [3.8, 4) is 0 Å². The fourth-order valence-electron chi connectivity index (χ4n) is 3.94. The maximum absolute atomic E-state index is 13.9. The second-order valence-corrected chi connectivity index (χ2v) is 7.43. The number of halogens is 2.